The van der Waals surface area contributed by atoms with Crippen molar-refractivity contribution in [2.24, 2.45) is 0 Å². The summed E-state index contributed by atoms with van der Waals surface area (Å²) in [5.74, 6) is -2.58. The van der Waals surface area contributed by atoms with Crippen LogP contribution >= 0.6 is 0 Å². The van der Waals surface area contributed by atoms with Gasteiger partial charge in [-0.05, 0) is 24.6 Å². The van der Waals surface area contributed by atoms with Gasteiger partial charge in [0, 0.05) is 13.6 Å². The summed E-state index contributed by atoms with van der Waals surface area (Å²) in [7, 11) is 1.35. The molecular weight excluding hydrogens is 342 g/mol. The van der Waals surface area contributed by atoms with Gasteiger partial charge >= 0.3 is 12.0 Å². The van der Waals surface area contributed by atoms with Crippen LogP contribution in [0.2, 0.25) is 0 Å². The Morgan fingerprint density at radius 1 is 1.12 bits per heavy atom. The molecule has 0 saturated heterocycles. The highest BCUT2D eigenvalue weighted by Gasteiger charge is 2.33. The molecular formula is C17H19N3O6. The molecule has 9 nitrogen and oxygen atoms in total. The van der Waals surface area contributed by atoms with Gasteiger partial charge in [0.05, 0.1) is 16.7 Å². The summed E-state index contributed by atoms with van der Waals surface area (Å²) in [5.41, 5.74) is 0.336. The molecule has 9 heteroatoms. The smallest absolute Gasteiger partial charge is 0.338 e. The molecule has 2 rings (SSSR count). The average Bonchev–Trinajstić information content (AvgIpc) is 2.84. The van der Waals surface area contributed by atoms with Gasteiger partial charge in [-0.15, -0.1) is 0 Å². The highest BCUT2D eigenvalue weighted by atomic mass is 16.5. The molecule has 138 valence electrons. The molecule has 0 fully saturated rings. The van der Waals surface area contributed by atoms with E-state index in [9.17, 15) is 24.0 Å². The van der Waals surface area contributed by atoms with Crippen LogP contribution in [0.5, 0.6) is 0 Å². The fraction of sp³-hybridized carbons (Fsp3) is 0.353. The standard InChI is InChI=1S/C17H19N3O6/c1-3-4-7-18-17(25)19-13(21)9-26-16(24)10-5-6-11-12(8-10)15(23)20(2)14(11)22/h5-6,8H,3-4,7,9H2,1-2H3,(H2,18,19,21,25). The lowest BCUT2D eigenvalue weighted by Gasteiger charge is -2.07. The van der Waals surface area contributed by atoms with Crippen LogP contribution in [-0.2, 0) is 9.53 Å². The van der Waals surface area contributed by atoms with E-state index in [4.69, 9.17) is 4.74 Å². The lowest BCUT2D eigenvalue weighted by molar-refractivity contribution is -0.123. The maximum Gasteiger partial charge on any atom is 0.338 e. The maximum atomic E-state index is 12.0. The zero-order valence-electron chi connectivity index (χ0n) is 14.5. The molecule has 0 radical (unpaired) electrons. The minimum atomic E-state index is -0.843. The van der Waals surface area contributed by atoms with Gasteiger partial charge < -0.3 is 10.1 Å². The molecule has 1 aromatic carbocycles. The molecule has 5 amide bonds. The Balaban J connectivity index is 1.89. The first-order chi connectivity index (χ1) is 12.3. The number of rotatable bonds is 6. The van der Waals surface area contributed by atoms with Gasteiger partial charge in [0.25, 0.3) is 17.7 Å². The largest absolute Gasteiger partial charge is 0.452 e. The number of ether oxygens (including phenoxy) is 1. The van der Waals surface area contributed by atoms with Gasteiger partial charge in [-0.1, -0.05) is 13.3 Å². The number of imide groups is 2. The topological polar surface area (TPSA) is 122 Å². The van der Waals surface area contributed by atoms with Crippen LogP contribution in [-0.4, -0.2) is 54.8 Å². The van der Waals surface area contributed by atoms with Crippen molar-refractivity contribution in [3.05, 3.63) is 34.9 Å². The molecule has 2 N–H and O–H groups in total. The van der Waals surface area contributed by atoms with Gasteiger partial charge in [0.2, 0.25) is 0 Å². The zero-order valence-corrected chi connectivity index (χ0v) is 14.5. The van der Waals surface area contributed by atoms with Crippen molar-refractivity contribution in [3.63, 3.8) is 0 Å². The lowest BCUT2D eigenvalue weighted by atomic mass is 10.1. The van der Waals surface area contributed by atoms with Crippen molar-refractivity contribution >= 4 is 29.7 Å². The highest BCUT2D eigenvalue weighted by molar-refractivity contribution is 6.21. The molecule has 0 aliphatic carbocycles. The number of amides is 5. The summed E-state index contributed by atoms with van der Waals surface area (Å²) in [6.45, 7) is 1.75. The molecule has 1 aliphatic heterocycles. The van der Waals surface area contributed by atoms with Crippen LogP contribution < -0.4 is 10.6 Å². The predicted molar refractivity (Wildman–Crippen MR) is 89.6 cm³/mol. The van der Waals surface area contributed by atoms with E-state index in [1.807, 2.05) is 12.2 Å². The van der Waals surface area contributed by atoms with Crippen molar-refractivity contribution in [3.8, 4) is 0 Å². The lowest BCUT2D eigenvalue weighted by Crippen LogP contribution is -2.41. The average molecular weight is 361 g/mol. The molecule has 0 unspecified atom stereocenters. The van der Waals surface area contributed by atoms with Gasteiger partial charge in [-0.2, -0.15) is 0 Å². The molecule has 1 heterocycles. The first kappa shape index (κ1) is 19.1. The number of urea groups is 1. The van der Waals surface area contributed by atoms with E-state index in [-0.39, 0.29) is 16.7 Å². The minimum Gasteiger partial charge on any atom is -0.452 e. The molecule has 0 saturated carbocycles. The fourth-order valence-corrected chi connectivity index (χ4v) is 2.29. The van der Waals surface area contributed by atoms with Crippen LogP contribution in [0.4, 0.5) is 4.79 Å². The summed E-state index contributed by atoms with van der Waals surface area (Å²) in [5, 5.41) is 4.52. The molecule has 0 atom stereocenters. The number of unbranched alkanes of at least 4 members (excludes halogenated alkanes) is 1. The second kappa shape index (κ2) is 8.24. The van der Waals surface area contributed by atoms with E-state index in [0.29, 0.717) is 6.54 Å². The minimum absolute atomic E-state index is 0.0281. The van der Waals surface area contributed by atoms with E-state index in [1.165, 1.54) is 25.2 Å². The second-order valence-electron chi connectivity index (χ2n) is 5.66. The molecule has 26 heavy (non-hydrogen) atoms. The fourth-order valence-electron chi connectivity index (χ4n) is 2.29. The molecule has 0 spiro atoms. The van der Waals surface area contributed by atoms with Gasteiger partial charge in [-0.3, -0.25) is 24.6 Å². The molecule has 0 bridgehead atoms. The van der Waals surface area contributed by atoms with Crippen LogP contribution in [0.15, 0.2) is 18.2 Å². The van der Waals surface area contributed by atoms with Gasteiger partial charge in [-0.25, -0.2) is 9.59 Å². The quantitative estimate of drug-likeness (QED) is 0.437. The van der Waals surface area contributed by atoms with Crippen LogP contribution in [0.1, 0.15) is 50.8 Å². The number of esters is 1. The number of hydrogen-bond donors (Lipinski definition) is 2. The van der Waals surface area contributed by atoms with Gasteiger partial charge in [0.1, 0.15) is 0 Å². The molecule has 1 aromatic rings. The van der Waals surface area contributed by atoms with Crippen molar-refractivity contribution < 1.29 is 28.7 Å². The summed E-state index contributed by atoms with van der Waals surface area (Å²) >= 11 is 0. The maximum absolute atomic E-state index is 12.0. The monoisotopic (exact) mass is 361 g/mol. The van der Waals surface area contributed by atoms with Crippen molar-refractivity contribution in [2.75, 3.05) is 20.2 Å². The Labute approximate surface area is 149 Å². The number of hydrogen-bond acceptors (Lipinski definition) is 6. The van der Waals surface area contributed by atoms with Crippen molar-refractivity contribution in [2.45, 2.75) is 19.8 Å². The van der Waals surface area contributed by atoms with Crippen LogP contribution in [0.3, 0.4) is 0 Å². The Kier molecular flexibility index (Phi) is 6.05. The van der Waals surface area contributed by atoms with E-state index in [0.717, 1.165) is 17.7 Å². The van der Waals surface area contributed by atoms with Crippen molar-refractivity contribution in [1.82, 2.24) is 15.5 Å². The van der Waals surface area contributed by atoms with E-state index >= 15 is 0 Å². The normalized spacial score (nSPS) is 12.6. The number of nitrogens with zero attached hydrogens (tertiary/aromatic N) is 1. The number of nitrogens with one attached hydrogen (secondary N) is 2. The third-order valence-corrected chi connectivity index (χ3v) is 3.73. The van der Waals surface area contributed by atoms with E-state index in [2.05, 4.69) is 5.32 Å². The first-order valence-corrected chi connectivity index (χ1v) is 8.06. The summed E-state index contributed by atoms with van der Waals surface area (Å²) in [6.07, 6.45) is 1.68. The van der Waals surface area contributed by atoms with Crippen LogP contribution in [0, 0.1) is 0 Å². The number of fused-ring (bicyclic) bond motifs is 1. The first-order valence-electron chi connectivity index (χ1n) is 8.06. The molecule has 0 aromatic heterocycles. The van der Waals surface area contributed by atoms with E-state index in [1.54, 1.807) is 0 Å². The van der Waals surface area contributed by atoms with Gasteiger partial charge in [0.15, 0.2) is 6.61 Å². The summed E-state index contributed by atoms with van der Waals surface area (Å²) in [6, 6.07) is 3.28. The van der Waals surface area contributed by atoms with Crippen molar-refractivity contribution in [1.29, 1.82) is 0 Å². The molecule has 1 aliphatic rings. The second-order valence-corrected chi connectivity index (χ2v) is 5.66. The highest BCUT2D eigenvalue weighted by Crippen LogP contribution is 2.22. The Hall–Kier alpha value is -3.23. The Morgan fingerprint density at radius 2 is 1.81 bits per heavy atom. The Bertz CT molecular complexity index is 774. The third-order valence-electron chi connectivity index (χ3n) is 3.73. The van der Waals surface area contributed by atoms with Crippen LogP contribution in [0.25, 0.3) is 0 Å². The zero-order chi connectivity index (χ0) is 19.3. The number of carbonyl (C=O) groups excluding carboxylic acids is 5. The van der Waals surface area contributed by atoms with E-state index < -0.39 is 36.3 Å². The summed E-state index contributed by atoms with van der Waals surface area (Å²) < 4.78 is 4.82. The summed E-state index contributed by atoms with van der Waals surface area (Å²) in [4.78, 5) is 59.7. The Morgan fingerprint density at radius 3 is 2.50 bits per heavy atom. The number of carbonyl (C=O) groups is 5. The predicted octanol–water partition coefficient (Wildman–Crippen LogP) is 0.695. The SMILES string of the molecule is CCCCNC(=O)NC(=O)COC(=O)c1ccc2c(c1)C(=O)N(C)C2=O. The third kappa shape index (κ3) is 4.24. The number of benzene rings is 1.